The quantitative estimate of drug-likeness (QED) is 0.771. The first kappa shape index (κ1) is 16.2. The molecular formula is C11H16BrClNO3P. The van der Waals surface area contributed by atoms with E-state index in [4.69, 9.17) is 26.4 Å². The summed E-state index contributed by atoms with van der Waals surface area (Å²) in [6.45, 7) is 4.02. The molecule has 0 aliphatic rings. The van der Waals surface area contributed by atoms with Crippen LogP contribution in [0.25, 0.3) is 0 Å². The highest BCUT2D eigenvalue weighted by Crippen LogP contribution is 2.59. The van der Waals surface area contributed by atoms with E-state index in [0.29, 0.717) is 10.6 Å². The molecule has 0 fully saturated rings. The summed E-state index contributed by atoms with van der Waals surface area (Å²) in [6, 6.07) is 5.12. The van der Waals surface area contributed by atoms with Crippen molar-refractivity contribution in [2.24, 2.45) is 5.73 Å². The molecule has 0 amide bonds. The van der Waals surface area contributed by atoms with Gasteiger partial charge in [-0.3, -0.25) is 4.57 Å². The van der Waals surface area contributed by atoms with E-state index < -0.39 is 13.4 Å². The van der Waals surface area contributed by atoms with Crippen LogP contribution >= 0.6 is 35.1 Å². The SMILES string of the molecule is CCOP(=O)(OCC)[C@@H](N)c1cc(Cl)ccc1Br. The number of halogens is 2. The normalized spacial score (nSPS) is 13.6. The van der Waals surface area contributed by atoms with Gasteiger partial charge in [0.2, 0.25) is 0 Å². The molecule has 4 nitrogen and oxygen atoms in total. The fraction of sp³-hybridized carbons (Fsp3) is 0.455. The number of benzene rings is 1. The van der Waals surface area contributed by atoms with Crippen LogP contribution < -0.4 is 5.73 Å². The summed E-state index contributed by atoms with van der Waals surface area (Å²) >= 11 is 9.27. The molecule has 0 aliphatic heterocycles. The lowest BCUT2D eigenvalue weighted by Crippen LogP contribution is -2.15. The van der Waals surface area contributed by atoms with E-state index in [0.717, 1.165) is 4.47 Å². The summed E-state index contributed by atoms with van der Waals surface area (Å²) in [4.78, 5) is 0. The van der Waals surface area contributed by atoms with Crippen molar-refractivity contribution >= 4 is 35.1 Å². The average Bonchev–Trinajstić information content (AvgIpc) is 2.32. The monoisotopic (exact) mass is 355 g/mol. The lowest BCUT2D eigenvalue weighted by molar-refractivity contribution is 0.212. The summed E-state index contributed by atoms with van der Waals surface area (Å²) in [5, 5.41) is 0.517. The van der Waals surface area contributed by atoms with E-state index in [9.17, 15) is 4.57 Å². The zero-order valence-corrected chi connectivity index (χ0v) is 13.5. The predicted octanol–water partition coefficient (Wildman–Crippen LogP) is 4.33. The van der Waals surface area contributed by atoms with Crippen molar-refractivity contribution in [1.29, 1.82) is 0 Å². The summed E-state index contributed by atoms with van der Waals surface area (Å²) in [6.07, 6.45) is 0. The van der Waals surface area contributed by atoms with Crippen molar-refractivity contribution in [3.63, 3.8) is 0 Å². The van der Waals surface area contributed by atoms with Crippen LogP contribution in [-0.2, 0) is 13.6 Å². The van der Waals surface area contributed by atoms with Gasteiger partial charge in [0.25, 0.3) is 0 Å². The van der Waals surface area contributed by atoms with Gasteiger partial charge in [-0.25, -0.2) is 0 Å². The molecule has 0 heterocycles. The summed E-state index contributed by atoms with van der Waals surface area (Å²) in [5.41, 5.74) is 6.62. The highest BCUT2D eigenvalue weighted by molar-refractivity contribution is 9.10. The molecule has 1 aromatic carbocycles. The first-order chi connectivity index (χ1) is 8.44. The van der Waals surface area contributed by atoms with Gasteiger partial charge in [-0.05, 0) is 37.6 Å². The molecule has 0 spiro atoms. The molecule has 2 N–H and O–H groups in total. The van der Waals surface area contributed by atoms with Crippen molar-refractivity contribution in [2.45, 2.75) is 19.6 Å². The molecule has 0 aliphatic carbocycles. The Morgan fingerprint density at radius 2 is 1.94 bits per heavy atom. The second-order valence-electron chi connectivity index (χ2n) is 3.49. The van der Waals surface area contributed by atoms with Crippen molar-refractivity contribution in [1.82, 2.24) is 0 Å². The number of hydrogen-bond acceptors (Lipinski definition) is 4. The minimum atomic E-state index is -3.39. The third-order valence-electron chi connectivity index (χ3n) is 2.24. The van der Waals surface area contributed by atoms with Crippen LogP contribution in [0.3, 0.4) is 0 Å². The predicted molar refractivity (Wildman–Crippen MR) is 76.9 cm³/mol. The summed E-state index contributed by atoms with van der Waals surface area (Å²) in [7, 11) is -3.39. The van der Waals surface area contributed by atoms with E-state index in [1.807, 2.05) is 0 Å². The van der Waals surface area contributed by atoms with Gasteiger partial charge in [0.15, 0.2) is 0 Å². The Bertz CT molecular complexity index is 448. The maximum Gasteiger partial charge on any atom is 0.351 e. The van der Waals surface area contributed by atoms with E-state index in [1.54, 1.807) is 32.0 Å². The molecule has 18 heavy (non-hydrogen) atoms. The molecule has 0 radical (unpaired) electrons. The molecule has 0 saturated carbocycles. The van der Waals surface area contributed by atoms with Crippen molar-refractivity contribution in [3.8, 4) is 0 Å². The van der Waals surface area contributed by atoms with Crippen LogP contribution in [0.5, 0.6) is 0 Å². The highest BCUT2D eigenvalue weighted by atomic mass is 79.9. The molecule has 0 bridgehead atoms. The smallest absolute Gasteiger partial charge is 0.314 e. The van der Waals surface area contributed by atoms with Gasteiger partial charge in [0.05, 0.1) is 13.2 Å². The largest absolute Gasteiger partial charge is 0.351 e. The van der Waals surface area contributed by atoms with Crippen LogP contribution in [0.2, 0.25) is 5.02 Å². The third kappa shape index (κ3) is 3.80. The Labute approximate surface area is 120 Å². The maximum atomic E-state index is 12.5. The Morgan fingerprint density at radius 3 is 2.44 bits per heavy atom. The molecule has 0 saturated heterocycles. The Kier molecular flexibility index (Phi) is 6.31. The number of nitrogens with two attached hydrogens (primary N) is 1. The Morgan fingerprint density at radius 1 is 1.39 bits per heavy atom. The van der Waals surface area contributed by atoms with E-state index >= 15 is 0 Å². The highest BCUT2D eigenvalue weighted by Gasteiger charge is 2.35. The Balaban J connectivity index is 3.13. The zero-order valence-electron chi connectivity index (χ0n) is 10.2. The summed E-state index contributed by atoms with van der Waals surface area (Å²) in [5.74, 6) is -0.870. The van der Waals surface area contributed by atoms with Gasteiger partial charge >= 0.3 is 7.60 Å². The number of rotatable bonds is 6. The topological polar surface area (TPSA) is 61.5 Å². The van der Waals surface area contributed by atoms with Crippen LogP contribution in [0.1, 0.15) is 25.2 Å². The third-order valence-corrected chi connectivity index (χ3v) is 5.39. The molecule has 102 valence electrons. The van der Waals surface area contributed by atoms with Crippen LogP contribution in [-0.4, -0.2) is 13.2 Å². The fourth-order valence-electron chi connectivity index (χ4n) is 1.47. The van der Waals surface area contributed by atoms with Crippen LogP contribution in [0.4, 0.5) is 0 Å². The van der Waals surface area contributed by atoms with E-state index in [2.05, 4.69) is 15.9 Å². The molecule has 1 rings (SSSR count). The van der Waals surface area contributed by atoms with Gasteiger partial charge < -0.3 is 14.8 Å². The lowest BCUT2D eigenvalue weighted by Gasteiger charge is -2.24. The van der Waals surface area contributed by atoms with Crippen molar-refractivity contribution in [3.05, 3.63) is 33.3 Å². The van der Waals surface area contributed by atoms with Crippen molar-refractivity contribution < 1.29 is 13.6 Å². The molecule has 1 aromatic rings. The minimum Gasteiger partial charge on any atom is -0.314 e. The molecule has 7 heteroatoms. The minimum absolute atomic E-state index is 0.267. The van der Waals surface area contributed by atoms with Gasteiger partial charge in [-0.1, -0.05) is 27.5 Å². The zero-order chi connectivity index (χ0) is 13.8. The molecular weight excluding hydrogens is 340 g/mol. The van der Waals surface area contributed by atoms with Crippen LogP contribution in [0, 0.1) is 0 Å². The van der Waals surface area contributed by atoms with E-state index in [-0.39, 0.29) is 13.2 Å². The van der Waals surface area contributed by atoms with Crippen molar-refractivity contribution in [2.75, 3.05) is 13.2 Å². The van der Waals surface area contributed by atoms with Gasteiger partial charge in [0, 0.05) is 9.50 Å². The van der Waals surface area contributed by atoms with Gasteiger partial charge in [-0.2, -0.15) is 0 Å². The Hall–Kier alpha value is 0.1000. The first-order valence-corrected chi connectivity index (χ1v) is 8.32. The van der Waals surface area contributed by atoms with Crippen LogP contribution in [0.15, 0.2) is 22.7 Å². The average molecular weight is 357 g/mol. The standard InChI is InChI=1S/C11H16BrClNO3P/c1-3-16-18(15,17-4-2)11(14)9-7-8(13)5-6-10(9)12/h5-7,11H,3-4,14H2,1-2H3/t11-/m1/s1. The number of hydrogen-bond donors (Lipinski definition) is 1. The summed E-state index contributed by atoms with van der Waals surface area (Å²) < 4.78 is 23.7. The fourth-order valence-corrected chi connectivity index (χ4v) is 3.99. The second-order valence-corrected chi connectivity index (χ2v) is 6.93. The van der Waals surface area contributed by atoms with Gasteiger partial charge in [0.1, 0.15) is 5.78 Å². The molecule has 0 aromatic heterocycles. The van der Waals surface area contributed by atoms with Gasteiger partial charge in [-0.15, -0.1) is 0 Å². The molecule has 1 atom stereocenters. The van der Waals surface area contributed by atoms with E-state index in [1.165, 1.54) is 0 Å². The molecule has 0 unspecified atom stereocenters. The maximum absolute atomic E-state index is 12.5. The lowest BCUT2D eigenvalue weighted by atomic mass is 10.2. The first-order valence-electron chi connectivity index (χ1n) is 5.54. The second kappa shape index (κ2) is 7.04.